The molecule has 1 heterocycles. The van der Waals surface area contributed by atoms with E-state index < -0.39 is 0 Å². The molecular formula is C15H23NO. The Bertz CT molecular complexity index is 315. The largest absolute Gasteiger partial charge is 0.472 e. The lowest BCUT2D eigenvalue weighted by atomic mass is 9.89. The van der Waals surface area contributed by atoms with Crippen LogP contribution in [0.15, 0.2) is 17.1 Å². The molecule has 1 aliphatic heterocycles. The van der Waals surface area contributed by atoms with Crippen molar-refractivity contribution in [3.63, 3.8) is 0 Å². The fraction of sp³-hybridized carbons (Fsp3) is 0.800. The lowest BCUT2D eigenvalue weighted by Gasteiger charge is -2.21. The summed E-state index contributed by atoms with van der Waals surface area (Å²) >= 11 is 0. The van der Waals surface area contributed by atoms with E-state index >= 15 is 0 Å². The zero-order valence-electron chi connectivity index (χ0n) is 10.6. The van der Waals surface area contributed by atoms with Gasteiger partial charge >= 0.3 is 0 Å². The SMILES string of the molecule is C(=CC1CCCCC1)C1=NC2CCCCC2O1. The summed E-state index contributed by atoms with van der Waals surface area (Å²) in [6, 6.07) is 0.467. The molecule has 3 aliphatic rings. The van der Waals surface area contributed by atoms with Crippen LogP contribution in [-0.4, -0.2) is 18.0 Å². The minimum absolute atomic E-state index is 0.398. The molecule has 0 amide bonds. The van der Waals surface area contributed by atoms with Gasteiger partial charge in [0.1, 0.15) is 6.10 Å². The quantitative estimate of drug-likeness (QED) is 0.709. The van der Waals surface area contributed by atoms with Crippen LogP contribution in [-0.2, 0) is 4.74 Å². The molecule has 0 saturated heterocycles. The van der Waals surface area contributed by atoms with Gasteiger partial charge in [-0.05, 0) is 44.1 Å². The van der Waals surface area contributed by atoms with Crippen LogP contribution in [0.2, 0.25) is 0 Å². The van der Waals surface area contributed by atoms with Crippen molar-refractivity contribution in [3.05, 3.63) is 12.2 Å². The zero-order chi connectivity index (χ0) is 11.5. The molecular weight excluding hydrogens is 210 g/mol. The van der Waals surface area contributed by atoms with Gasteiger partial charge in [0.2, 0.25) is 5.90 Å². The molecule has 17 heavy (non-hydrogen) atoms. The van der Waals surface area contributed by atoms with E-state index in [0.717, 1.165) is 11.8 Å². The lowest BCUT2D eigenvalue weighted by molar-refractivity contribution is 0.153. The second kappa shape index (κ2) is 5.24. The Labute approximate surface area is 104 Å². The molecule has 0 aromatic rings. The zero-order valence-corrected chi connectivity index (χ0v) is 10.6. The standard InChI is InChI=1S/C15H23NO/c1-2-6-12(7-3-1)10-11-15-16-13-8-4-5-9-14(13)17-15/h10-14H,1-9H2. The molecule has 2 nitrogen and oxygen atoms in total. The molecule has 2 fully saturated rings. The number of hydrogen-bond donors (Lipinski definition) is 0. The maximum Gasteiger partial charge on any atom is 0.208 e. The van der Waals surface area contributed by atoms with E-state index in [2.05, 4.69) is 12.2 Å². The molecule has 0 aromatic carbocycles. The smallest absolute Gasteiger partial charge is 0.208 e. The van der Waals surface area contributed by atoms with Crippen LogP contribution in [0.1, 0.15) is 57.8 Å². The van der Waals surface area contributed by atoms with Gasteiger partial charge in [-0.2, -0.15) is 0 Å². The van der Waals surface area contributed by atoms with Gasteiger partial charge in [0.05, 0.1) is 6.04 Å². The Morgan fingerprint density at radius 2 is 1.71 bits per heavy atom. The average molecular weight is 233 g/mol. The number of aliphatic imine (C=N–C) groups is 1. The maximum absolute atomic E-state index is 5.92. The summed E-state index contributed by atoms with van der Waals surface area (Å²) < 4.78 is 5.92. The molecule has 2 aliphatic carbocycles. The van der Waals surface area contributed by atoms with Crippen LogP contribution in [0.3, 0.4) is 0 Å². The highest BCUT2D eigenvalue weighted by Gasteiger charge is 2.31. The first-order valence-electron chi connectivity index (χ1n) is 7.34. The number of fused-ring (bicyclic) bond motifs is 1. The van der Waals surface area contributed by atoms with Crippen molar-refractivity contribution in [2.75, 3.05) is 0 Å². The summed E-state index contributed by atoms with van der Waals surface area (Å²) in [6.07, 6.45) is 16.9. The van der Waals surface area contributed by atoms with E-state index in [9.17, 15) is 0 Å². The molecule has 0 bridgehead atoms. The summed E-state index contributed by atoms with van der Waals surface area (Å²) in [6.45, 7) is 0. The predicted octanol–water partition coefficient (Wildman–Crippen LogP) is 3.86. The molecule has 0 spiro atoms. The molecule has 2 unspecified atom stereocenters. The molecule has 0 N–H and O–H groups in total. The van der Waals surface area contributed by atoms with Crippen molar-refractivity contribution in [2.45, 2.75) is 69.9 Å². The number of nitrogens with zero attached hydrogens (tertiary/aromatic N) is 1. The van der Waals surface area contributed by atoms with E-state index in [1.807, 2.05) is 0 Å². The summed E-state index contributed by atoms with van der Waals surface area (Å²) in [7, 11) is 0. The van der Waals surface area contributed by atoms with E-state index in [0.29, 0.717) is 12.1 Å². The van der Waals surface area contributed by atoms with Crippen molar-refractivity contribution in [2.24, 2.45) is 10.9 Å². The van der Waals surface area contributed by atoms with Crippen LogP contribution in [0.5, 0.6) is 0 Å². The van der Waals surface area contributed by atoms with Gasteiger partial charge in [0, 0.05) is 0 Å². The van der Waals surface area contributed by atoms with Crippen molar-refractivity contribution in [1.29, 1.82) is 0 Å². The van der Waals surface area contributed by atoms with Crippen LogP contribution in [0, 0.1) is 5.92 Å². The number of rotatable bonds is 2. The van der Waals surface area contributed by atoms with Crippen molar-refractivity contribution >= 4 is 5.90 Å². The molecule has 0 aromatic heterocycles. The van der Waals surface area contributed by atoms with E-state index in [1.165, 1.54) is 57.8 Å². The second-order valence-corrected chi connectivity index (χ2v) is 5.73. The normalized spacial score (nSPS) is 34.5. The fourth-order valence-corrected chi connectivity index (χ4v) is 3.34. The molecule has 0 radical (unpaired) electrons. The molecule has 2 atom stereocenters. The molecule has 94 valence electrons. The first kappa shape index (κ1) is 11.3. The average Bonchev–Trinajstić information content (AvgIpc) is 2.80. The topological polar surface area (TPSA) is 21.6 Å². The summed E-state index contributed by atoms with van der Waals surface area (Å²) in [4.78, 5) is 4.70. The Morgan fingerprint density at radius 1 is 0.941 bits per heavy atom. The van der Waals surface area contributed by atoms with Gasteiger partial charge in [-0.15, -0.1) is 0 Å². The van der Waals surface area contributed by atoms with E-state index in [-0.39, 0.29) is 0 Å². The van der Waals surface area contributed by atoms with Gasteiger partial charge in [-0.1, -0.05) is 31.8 Å². The van der Waals surface area contributed by atoms with Gasteiger partial charge in [0.15, 0.2) is 0 Å². The van der Waals surface area contributed by atoms with Crippen LogP contribution in [0.25, 0.3) is 0 Å². The van der Waals surface area contributed by atoms with Gasteiger partial charge in [0.25, 0.3) is 0 Å². The summed E-state index contributed by atoms with van der Waals surface area (Å²) in [5, 5.41) is 0. The Hall–Kier alpha value is -0.790. The maximum atomic E-state index is 5.92. The number of allylic oxidation sites excluding steroid dienone is 1. The molecule has 2 saturated carbocycles. The van der Waals surface area contributed by atoms with Crippen LogP contribution in [0.4, 0.5) is 0 Å². The van der Waals surface area contributed by atoms with Gasteiger partial charge in [-0.25, -0.2) is 4.99 Å². The Kier molecular flexibility index (Phi) is 3.49. The predicted molar refractivity (Wildman–Crippen MR) is 70.3 cm³/mol. The Balaban J connectivity index is 1.56. The third-order valence-corrected chi connectivity index (χ3v) is 4.39. The monoisotopic (exact) mass is 233 g/mol. The van der Waals surface area contributed by atoms with E-state index in [4.69, 9.17) is 9.73 Å². The highest BCUT2D eigenvalue weighted by Crippen LogP contribution is 2.29. The van der Waals surface area contributed by atoms with Crippen molar-refractivity contribution in [3.8, 4) is 0 Å². The minimum Gasteiger partial charge on any atom is -0.472 e. The number of hydrogen-bond acceptors (Lipinski definition) is 2. The first-order valence-corrected chi connectivity index (χ1v) is 7.34. The van der Waals surface area contributed by atoms with E-state index in [1.54, 1.807) is 0 Å². The first-order chi connectivity index (χ1) is 8.42. The fourth-order valence-electron chi connectivity index (χ4n) is 3.34. The van der Waals surface area contributed by atoms with Crippen LogP contribution >= 0.6 is 0 Å². The minimum atomic E-state index is 0.398. The second-order valence-electron chi connectivity index (χ2n) is 5.73. The summed E-state index contributed by atoms with van der Waals surface area (Å²) in [5.41, 5.74) is 0. The Morgan fingerprint density at radius 3 is 2.53 bits per heavy atom. The van der Waals surface area contributed by atoms with Crippen molar-refractivity contribution in [1.82, 2.24) is 0 Å². The highest BCUT2D eigenvalue weighted by molar-refractivity contribution is 5.89. The van der Waals surface area contributed by atoms with Gasteiger partial charge < -0.3 is 4.74 Å². The highest BCUT2D eigenvalue weighted by atomic mass is 16.5. The van der Waals surface area contributed by atoms with Crippen LogP contribution < -0.4 is 0 Å². The molecule has 3 rings (SSSR count). The lowest BCUT2D eigenvalue weighted by Crippen LogP contribution is -2.25. The third-order valence-electron chi connectivity index (χ3n) is 4.39. The number of ether oxygens (including phenoxy) is 1. The summed E-state index contributed by atoms with van der Waals surface area (Å²) in [5.74, 6) is 1.69. The third kappa shape index (κ3) is 2.72. The molecule has 2 heteroatoms. The van der Waals surface area contributed by atoms with Crippen molar-refractivity contribution < 1.29 is 4.74 Å². The van der Waals surface area contributed by atoms with Gasteiger partial charge in [-0.3, -0.25) is 0 Å².